The molecular weight excluding hydrogens is 404 g/mol. The summed E-state index contributed by atoms with van der Waals surface area (Å²) in [4.78, 5) is 14.6. The SMILES string of the molecule is CS(=O)(=O)Nc1ccc(NC(=O)Nc2ccc(OCCN3CCCCC3)cc2)cc1. The Balaban J connectivity index is 1.42. The Morgan fingerprint density at radius 2 is 1.43 bits per heavy atom. The van der Waals surface area contributed by atoms with Gasteiger partial charge in [-0.1, -0.05) is 6.42 Å². The number of nitrogens with one attached hydrogen (secondary N) is 3. The van der Waals surface area contributed by atoms with E-state index in [2.05, 4.69) is 20.3 Å². The summed E-state index contributed by atoms with van der Waals surface area (Å²) in [5.41, 5.74) is 1.62. The van der Waals surface area contributed by atoms with Crippen LogP contribution in [0.2, 0.25) is 0 Å². The van der Waals surface area contributed by atoms with Crippen LogP contribution >= 0.6 is 0 Å². The van der Waals surface area contributed by atoms with Gasteiger partial charge in [-0.15, -0.1) is 0 Å². The summed E-state index contributed by atoms with van der Waals surface area (Å²) >= 11 is 0. The Kier molecular flexibility index (Phi) is 7.53. The molecule has 2 aromatic carbocycles. The van der Waals surface area contributed by atoms with Crippen molar-refractivity contribution < 1.29 is 17.9 Å². The van der Waals surface area contributed by atoms with Crippen LogP contribution in [0, 0.1) is 0 Å². The maximum Gasteiger partial charge on any atom is 0.323 e. The van der Waals surface area contributed by atoms with E-state index in [0.717, 1.165) is 31.6 Å². The third-order valence-electron chi connectivity index (χ3n) is 4.68. The standard InChI is InChI=1S/C21H28N4O4S/c1-30(27,28)24-19-7-5-17(6-8-19)22-21(26)23-18-9-11-20(12-10-18)29-16-15-25-13-3-2-4-14-25/h5-12,24H,2-4,13-16H2,1H3,(H2,22,23,26). The maximum atomic E-state index is 12.2. The van der Waals surface area contributed by atoms with E-state index in [9.17, 15) is 13.2 Å². The monoisotopic (exact) mass is 432 g/mol. The largest absolute Gasteiger partial charge is 0.492 e. The van der Waals surface area contributed by atoms with E-state index in [0.29, 0.717) is 23.7 Å². The predicted octanol–water partition coefficient (Wildman–Crippen LogP) is 3.57. The number of amides is 2. The number of carbonyl (C=O) groups is 1. The van der Waals surface area contributed by atoms with Crippen molar-refractivity contribution >= 4 is 33.1 Å². The van der Waals surface area contributed by atoms with Crippen molar-refractivity contribution in [3.63, 3.8) is 0 Å². The van der Waals surface area contributed by atoms with E-state index >= 15 is 0 Å². The van der Waals surface area contributed by atoms with Crippen molar-refractivity contribution in [1.29, 1.82) is 0 Å². The molecule has 8 nitrogen and oxygen atoms in total. The van der Waals surface area contributed by atoms with Crippen molar-refractivity contribution in [3.05, 3.63) is 48.5 Å². The molecule has 2 amide bonds. The lowest BCUT2D eigenvalue weighted by Gasteiger charge is -2.26. The van der Waals surface area contributed by atoms with E-state index in [1.165, 1.54) is 19.3 Å². The molecule has 2 aromatic rings. The van der Waals surface area contributed by atoms with Crippen LogP contribution in [0.3, 0.4) is 0 Å². The minimum absolute atomic E-state index is 0.391. The third kappa shape index (κ3) is 7.57. The Labute approximate surface area is 177 Å². The molecule has 0 aliphatic carbocycles. The van der Waals surface area contributed by atoms with Gasteiger partial charge in [0.2, 0.25) is 10.0 Å². The molecule has 162 valence electrons. The van der Waals surface area contributed by atoms with E-state index < -0.39 is 16.1 Å². The molecule has 0 atom stereocenters. The molecule has 1 saturated heterocycles. The highest BCUT2D eigenvalue weighted by molar-refractivity contribution is 7.92. The molecule has 0 saturated carbocycles. The van der Waals surface area contributed by atoms with Crippen molar-refractivity contribution in [2.75, 3.05) is 47.9 Å². The number of ether oxygens (including phenoxy) is 1. The van der Waals surface area contributed by atoms with Gasteiger partial charge in [-0.3, -0.25) is 9.62 Å². The number of nitrogens with zero attached hydrogens (tertiary/aromatic N) is 1. The van der Waals surface area contributed by atoms with Gasteiger partial charge in [0.05, 0.1) is 6.26 Å². The van der Waals surface area contributed by atoms with Gasteiger partial charge in [-0.05, 0) is 74.5 Å². The van der Waals surface area contributed by atoms with Gasteiger partial charge in [-0.2, -0.15) is 0 Å². The molecular formula is C21H28N4O4S. The van der Waals surface area contributed by atoms with Crippen LogP contribution in [0.4, 0.5) is 21.9 Å². The van der Waals surface area contributed by atoms with Crippen molar-refractivity contribution in [3.8, 4) is 5.75 Å². The van der Waals surface area contributed by atoms with Crippen LogP contribution in [0.5, 0.6) is 5.75 Å². The molecule has 0 bridgehead atoms. The second-order valence-electron chi connectivity index (χ2n) is 7.31. The van der Waals surface area contributed by atoms with E-state index in [1.54, 1.807) is 36.4 Å². The number of anilines is 3. The van der Waals surface area contributed by atoms with Crippen LogP contribution < -0.4 is 20.1 Å². The smallest absolute Gasteiger partial charge is 0.323 e. The van der Waals surface area contributed by atoms with E-state index in [-0.39, 0.29) is 0 Å². The molecule has 0 aromatic heterocycles. The van der Waals surface area contributed by atoms with Crippen LogP contribution in [-0.2, 0) is 10.0 Å². The molecule has 0 unspecified atom stereocenters. The lowest BCUT2D eigenvalue weighted by molar-refractivity contribution is 0.183. The van der Waals surface area contributed by atoms with Gasteiger partial charge in [-0.25, -0.2) is 13.2 Å². The van der Waals surface area contributed by atoms with Gasteiger partial charge in [0.15, 0.2) is 0 Å². The summed E-state index contributed by atoms with van der Waals surface area (Å²) in [6.07, 6.45) is 4.94. The summed E-state index contributed by atoms with van der Waals surface area (Å²) in [5, 5.41) is 5.45. The van der Waals surface area contributed by atoms with Gasteiger partial charge in [0, 0.05) is 23.6 Å². The number of rotatable bonds is 8. The number of hydrogen-bond acceptors (Lipinski definition) is 5. The first-order valence-electron chi connectivity index (χ1n) is 9.98. The van der Waals surface area contributed by atoms with Gasteiger partial charge >= 0.3 is 6.03 Å². The topological polar surface area (TPSA) is 99.8 Å². The van der Waals surface area contributed by atoms with Crippen molar-refractivity contribution in [2.45, 2.75) is 19.3 Å². The summed E-state index contributed by atoms with van der Waals surface area (Å²) in [6.45, 7) is 3.88. The quantitative estimate of drug-likeness (QED) is 0.592. The molecule has 1 fully saturated rings. The molecule has 3 rings (SSSR count). The summed E-state index contributed by atoms with van der Waals surface area (Å²) in [7, 11) is -3.33. The first kappa shape index (κ1) is 21.9. The highest BCUT2D eigenvalue weighted by Gasteiger charge is 2.09. The minimum atomic E-state index is -3.33. The molecule has 0 spiro atoms. The molecule has 1 heterocycles. The van der Waals surface area contributed by atoms with Gasteiger partial charge < -0.3 is 15.4 Å². The molecule has 30 heavy (non-hydrogen) atoms. The zero-order valence-electron chi connectivity index (χ0n) is 17.1. The first-order chi connectivity index (χ1) is 14.4. The number of likely N-dealkylation sites (tertiary alicyclic amines) is 1. The fraction of sp³-hybridized carbons (Fsp3) is 0.381. The number of sulfonamides is 1. The number of carbonyl (C=O) groups excluding carboxylic acids is 1. The van der Waals surface area contributed by atoms with Crippen molar-refractivity contribution in [1.82, 2.24) is 4.90 Å². The number of benzene rings is 2. The van der Waals surface area contributed by atoms with Crippen LogP contribution in [0.15, 0.2) is 48.5 Å². The second-order valence-corrected chi connectivity index (χ2v) is 9.05. The zero-order valence-corrected chi connectivity index (χ0v) is 17.9. The first-order valence-corrected chi connectivity index (χ1v) is 11.9. The summed E-state index contributed by atoms with van der Waals surface area (Å²) in [5.74, 6) is 0.770. The van der Waals surface area contributed by atoms with E-state index in [4.69, 9.17) is 4.74 Å². The summed E-state index contributed by atoms with van der Waals surface area (Å²) < 4.78 is 30.6. The Morgan fingerprint density at radius 3 is 2.00 bits per heavy atom. The van der Waals surface area contributed by atoms with Gasteiger partial charge in [0.1, 0.15) is 12.4 Å². The second kappa shape index (κ2) is 10.3. The molecule has 9 heteroatoms. The van der Waals surface area contributed by atoms with Crippen LogP contribution in [0.1, 0.15) is 19.3 Å². The molecule has 3 N–H and O–H groups in total. The highest BCUT2D eigenvalue weighted by atomic mass is 32.2. The Bertz CT molecular complexity index is 924. The maximum absolute atomic E-state index is 12.2. The predicted molar refractivity (Wildman–Crippen MR) is 120 cm³/mol. The average Bonchev–Trinajstić information content (AvgIpc) is 2.70. The normalized spacial score (nSPS) is 14.7. The Hall–Kier alpha value is -2.78. The molecule has 1 aliphatic heterocycles. The fourth-order valence-electron chi connectivity index (χ4n) is 3.24. The fourth-order valence-corrected chi connectivity index (χ4v) is 3.80. The van der Waals surface area contributed by atoms with Crippen LogP contribution in [0.25, 0.3) is 0 Å². The third-order valence-corrected chi connectivity index (χ3v) is 5.29. The molecule has 0 radical (unpaired) electrons. The van der Waals surface area contributed by atoms with Crippen LogP contribution in [-0.4, -0.2) is 51.8 Å². The lowest BCUT2D eigenvalue weighted by Crippen LogP contribution is -2.33. The molecule has 1 aliphatic rings. The van der Waals surface area contributed by atoms with Gasteiger partial charge in [0.25, 0.3) is 0 Å². The number of piperidine rings is 1. The zero-order chi connectivity index (χ0) is 21.4. The average molecular weight is 433 g/mol. The highest BCUT2D eigenvalue weighted by Crippen LogP contribution is 2.18. The minimum Gasteiger partial charge on any atom is -0.492 e. The summed E-state index contributed by atoms with van der Waals surface area (Å²) in [6, 6.07) is 13.2. The lowest BCUT2D eigenvalue weighted by atomic mass is 10.1. The number of hydrogen-bond donors (Lipinski definition) is 3. The van der Waals surface area contributed by atoms with Crippen molar-refractivity contribution in [2.24, 2.45) is 0 Å². The van der Waals surface area contributed by atoms with E-state index in [1.807, 2.05) is 12.1 Å². The Morgan fingerprint density at radius 1 is 0.900 bits per heavy atom. The number of urea groups is 1.